The van der Waals surface area contributed by atoms with Crippen molar-refractivity contribution < 1.29 is 9.13 Å². The molecule has 5 heteroatoms. The highest BCUT2D eigenvalue weighted by atomic mass is 35.5. The van der Waals surface area contributed by atoms with Gasteiger partial charge in [0.2, 0.25) is 0 Å². The van der Waals surface area contributed by atoms with Crippen molar-refractivity contribution in [3.05, 3.63) is 57.8 Å². The Morgan fingerprint density at radius 3 is 2.43 bits per heavy atom. The molecular weight excluding hydrogens is 312 g/mol. The van der Waals surface area contributed by atoms with Crippen molar-refractivity contribution in [2.45, 2.75) is 19.9 Å². The lowest BCUT2D eigenvalue weighted by molar-refractivity contribution is 0.340. The van der Waals surface area contributed by atoms with Crippen molar-refractivity contribution in [3.63, 3.8) is 0 Å². The maximum absolute atomic E-state index is 13.6. The predicted octanol–water partition coefficient (Wildman–Crippen LogP) is 5.70. The first-order chi connectivity index (χ1) is 10.0. The molecule has 0 aromatic heterocycles. The van der Waals surface area contributed by atoms with E-state index >= 15 is 0 Å². The molecule has 112 valence electrons. The Balaban J connectivity index is 2.14. The van der Waals surface area contributed by atoms with Gasteiger partial charge in [0.15, 0.2) is 0 Å². The summed E-state index contributed by atoms with van der Waals surface area (Å²) in [5, 5.41) is 3.73. The van der Waals surface area contributed by atoms with Gasteiger partial charge in [0.05, 0.1) is 17.7 Å². The lowest BCUT2D eigenvalue weighted by atomic mass is 10.1. The number of hydrogen-bond acceptors (Lipinski definition) is 2. The Morgan fingerprint density at radius 2 is 1.81 bits per heavy atom. The van der Waals surface area contributed by atoms with E-state index in [1.165, 1.54) is 12.1 Å². The van der Waals surface area contributed by atoms with Crippen LogP contribution in [0.15, 0.2) is 36.4 Å². The van der Waals surface area contributed by atoms with Gasteiger partial charge in [-0.15, -0.1) is 0 Å². The molecule has 0 radical (unpaired) electrons. The minimum atomic E-state index is -0.476. The van der Waals surface area contributed by atoms with E-state index in [-0.39, 0.29) is 11.1 Å². The largest absolute Gasteiger partial charge is 0.494 e. The molecule has 2 rings (SSSR count). The van der Waals surface area contributed by atoms with E-state index in [9.17, 15) is 4.39 Å². The molecule has 0 amide bonds. The third-order valence-corrected chi connectivity index (χ3v) is 3.67. The van der Waals surface area contributed by atoms with E-state index in [4.69, 9.17) is 27.9 Å². The number of hydrogen-bond donors (Lipinski definition) is 1. The van der Waals surface area contributed by atoms with Gasteiger partial charge in [-0.2, -0.15) is 0 Å². The Bertz CT molecular complexity index is 616. The Labute approximate surface area is 133 Å². The zero-order valence-corrected chi connectivity index (χ0v) is 13.3. The highest BCUT2D eigenvalue weighted by molar-refractivity contribution is 6.35. The molecule has 0 spiro atoms. The Morgan fingerprint density at radius 1 is 1.14 bits per heavy atom. The molecule has 1 N–H and O–H groups in total. The molecule has 0 fully saturated rings. The van der Waals surface area contributed by atoms with Crippen LogP contribution in [-0.2, 0) is 0 Å². The van der Waals surface area contributed by atoms with Crippen LogP contribution in [0, 0.1) is 5.82 Å². The summed E-state index contributed by atoms with van der Waals surface area (Å²) in [6, 6.07) is 10.2. The van der Waals surface area contributed by atoms with Crippen LogP contribution >= 0.6 is 23.2 Å². The van der Waals surface area contributed by atoms with Crippen molar-refractivity contribution in [3.8, 4) is 5.75 Å². The smallest absolute Gasteiger partial charge is 0.142 e. The molecule has 0 aliphatic rings. The van der Waals surface area contributed by atoms with Gasteiger partial charge in [0.1, 0.15) is 11.6 Å². The first kappa shape index (κ1) is 15.9. The maximum atomic E-state index is 13.6. The van der Waals surface area contributed by atoms with E-state index < -0.39 is 5.82 Å². The lowest BCUT2D eigenvalue weighted by Crippen LogP contribution is -2.07. The summed E-state index contributed by atoms with van der Waals surface area (Å²) in [5.74, 6) is 0.336. The van der Waals surface area contributed by atoms with Crippen LogP contribution in [0.25, 0.3) is 0 Å². The molecule has 2 nitrogen and oxygen atoms in total. The number of halogens is 3. The summed E-state index contributed by atoms with van der Waals surface area (Å²) < 4.78 is 18.9. The summed E-state index contributed by atoms with van der Waals surface area (Å²) in [6.07, 6.45) is 0. The molecule has 1 atom stereocenters. The molecule has 21 heavy (non-hydrogen) atoms. The number of benzene rings is 2. The molecule has 0 saturated heterocycles. The second kappa shape index (κ2) is 7.01. The van der Waals surface area contributed by atoms with Crippen molar-refractivity contribution in [1.29, 1.82) is 0 Å². The first-order valence-electron chi connectivity index (χ1n) is 6.65. The maximum Gasteiger partial charge on any atom is 0.142 e. The van der Waals surface area contributed by atoms with Gasteiger partial charge in [0.25, 0.3) is 0 Å². The van der Waals surface area contributed by atoms with Crippen LogP contribution in [0.1, 0.15) is 25.5 Å². The third-order valence-electron chi connectivity index (χ3n) is 3.05. The zero-order valence-electron chi connectivity index (χ0n) is 11.8. The molecule has 0 heterocycles. The number of ether oxygens (including phenoxy) is 1. The quantitative estimate of drug-likeness (QED) is 0.710. The SMILES string of the molecule is CCOc1ccc(NC(C)c2cc(F)c(Cl)cc2Cl)cc1. The second-order valence-corrected chi connectivity index (χ2v) is 5.43. The van der Waals surface area contributed by atoms with Gasteiger partial charge >= 0.3 is 0 Å². The normalized spacial score (nSPS) is 12.0. The van der Waals surface area contributed by atoms with Crippen LogP contribution in [0.5, 0.6) is 5.75 Å². The highest BCUT2D eigenvalue weighted by Gasteiger charge is 2.13. The van der Waals surface area contributed by atoms with Gasteiger partial charge in [-0.05, 0) is 55.8 Å². The van der Waals surface area contributed by atoms with E-state index in [1.54, 1.807) is 0 Å². The summed E-state index contributed by atoms with van der Waals surface area (Å²) in [4.78, 5) is 0. The van der Waals surface area contributed by atoms with E-state index in [0.717, 1.165) is 11.4 Å². The average molecular weight is 328 g/mol. The number of nitrogens with one attached hydrogen (secondary N) is 1. The number of anilines is 1. The summed E-state index contributed by atoms with van der Waals surface area (Å²) >= 11 is 11.8. The highest BCUT2D eigenvalue weighted by Crippen LogP contribution is 2.30. The van der Waals surface area contributed by atoms with Crippen LogP contribution < -0.4 is 10.1 Å². The molecule has 0 aliphatic carbocycles. The molecule has 2 aromatic rings. The number of rotatable bonds is 5. The molecule has 0 aliphatic heterocycles. The minimum Gasteiger partial charge on any atom is -0.494 e. The predicted molar refractivity (Wildman–Crippen MR) is 86.1 cm³/mol. The van der Waals surface area contributed by atoms with Crippen LogP contribution in [0.4, 0.5) is 10.1 Å². The van der Waals surface area contributed by atoms with E-state index in [0.29, 0.717) is 17.2 Å². The topological polar surface area (TPSA) is 21.3 Å². The van der Waals surface area contributed by atoms with Crippen molar-refractivity contribution in [2.24, 2.45) is 0 Å². The second-order valence-electron chi connectivity index (χ2n) is 4.61. The lowest BCUT2D eigenvalue weighted by Gasteiger charge is -2.18. The fraction of sp³-hybridized carbons (Fsp3) is 0.250. The van der Waals surface area contributed by atoms with Gasteiger partial charge < -0.3 is 10.1 Å². The standard InChI is InChI=1S/C16H16Cl2FNO/c1-3-21-12-6-4-11(5-7-12)20-10(2)13-8-16(19)15(18)9-14(13)17/h4-10,20H,3H2,1-2H3. The van der Waals surface area contributed by atoms with Crippen molar-refractivity contribution >= 4 is 28.9 Å². The molecular formula is C16H16Cl2FNO. The van der Waals surface area contributed by atoms with Gasteiger partial charge in [0, 0.05) is 10.7 Å². The van der Waals surface area contributed by atoms with Gasteiger partial charge in [-0.3, -0.25) is 0 Å². The van der Waals surface area contributed by atoms with E-state index in [1.807, 2.05) is 38.1 Å². The zero-order chi connectivity index (χ0) is 15.4. The summed E-state index contributed by atoms with van der Waals surface area (Å²) in [5.41, 5.74) is 1.56. The van der Waals surface area contributed by atoms with E-state index in [2.05, 4.69) is 5.32 Å². The summed E-state index contributed by atoms with van der Waals surface area (Å²) in [6.45, 7) is 4.47. The minimum absolute atomic E-state index is 0.0250. The molecule has 0 bridgehead atoms. The molecule has 1 unspecified atom stereocenters. The third kappa shape index (κ3) is 4.02. The van der Waals surface area contributed by atoms with Crippen molar-refractivity contribution in [1.82, 2.24) is 0 Å². The summed E-state index contributed by atoms with van der Waals surface area (Å²) in [7, 11) is 0. The van der Waals surface area contributed by atoms with Crippen LogP contribution in [-0.4, -0.2) is 6.61 Å². The van der Waals surface area contributed by atoms with Crippen molar-refractivity contribution in [2.75, 3.05) is 11.9 Å². The average Bonchev–Trinajstić information content (AvgIpc) is 2.45. The van der Waals surface area contributed by atoms with Crippen LogP contribution in [0.2, 0.25) is 10.0 Å². The molecule has 0 saturated carbocycles. The fourth-order valence-corrected chi connectivity index (χ4v) is 2.56. The Hall–Kier alpha value is -1.45. The fourth-order valence-electron chi connectivity index (χ4n) is 2.01. The molecule has 2 aromatic carbocycles. The monoisotopic (exact) mass is 327 g/mol. The van der Waals surface area contributed by atoms with Gasteiger partial charge in [-0.1, -0.05) is 23.2 Å². The van der Waals surface area contributed by atoms with Gasteiger partial charge in [-0.25, -0.2) is 4.39 Å². The first-order valence-corrected chi connectivity index (χ1v) is 7.40. The Kier molecular flexibility index (Phi) is 5.32. The van der Waals surface area contributed by atoms with Crippen LogP contribution in [0.3, 0.4) is 0 Å².